The van der Waals surface area contributed by atoms with Crippen LogP contribution in [-0.4, -0.2) is 29.8 Å². The number of benzene rings is 1. The summed E-state index contributed by atoms with van der Waals surface area (Å²) in [5.74, 6) is 0.114. The van der Waals surface area contributed by atoms with Crippen molar-refractivity contribution in [3.63, 3.8) is 0 Å². The third-order valence-corrected chi connectivity index (χ3v) is 3.52. The minimum atomic E-state index is -0.0776. The Kier molecular flexibility index (Phi) is 3.88. The van der Waals surface area contributed by atoms with E-state index in [9.17, 15) is 9.59 Å². The molecule has 1 saturated heterocycles. The molecule has 2 amide bonds. The molecule has 1 N–H and O–H groups in total. The van der Waals surface area contributed by atoms with E-state index in [0.717, 1.165) is 5.56 Å². The van der Waals surface area contributed by atoms with Gasteiger partial charge in [-0.2, -0.15) is 0 Å². The maximum absolute atomic E-state index is 11.9. The summed E-state index contributed by atoms with van der Waals surface area (Å²) in [7, 11) is 0. The molecule has 1 heterocycles. The summed E-state index contributed by atoms with van der Waals surface area (Å²) in [6, 6.07) is 6.21. The van der Waals surface area contributed by atoms with Crippen LogP contribution in [0.1, 0.15) is 36.1 Å². The lowest BCUT2D eigenvalue weighted by Crippen LogP contribution is -2.29. The molecule has 0 aromatic heterocycles. The van der Waals surface area contributed by atoms with Gasteiger partial charge in [-0.05, 0) is 31.9 Å². The Bertz CT molecular complexity index is 511. The van der Waals surface area contributed by atoms with Crippen LogP contribution in [0.15, 0.2) is 18.2 Å². The molecule has 4 nitrogen and oxygen atoms in total. The van der Waals surface area contributed by atoms with E-state index in [1.165, 1.54) is 11.1 Å². The molecule has 102 valence electrons. The normalized spacial score (nSPS) is 18.6. The standard InChI is InChI=1S/C15H20N2O2/c1-10-4-5-13(11(2)8-10)14-9-17(15(19)16-14)7-6-12(3)18/h4-5,8,14H,6-7,9H2,1-3H3,(H,16,19). The summed E-state index contributed by atoms with van der Waals surface area (Å²) >= 11 is 0. The molecule has 0 spiro atoms. The first-order valence-corrected chi connectivity index (χ1v) is 6.59. The van der Waals surface area contributed by atoms with Gasteiger partial charge < -0.3 is 10.2 Å². The Morgan fingerprint density at radius 2 is 2.16 bits per heavy atom. The van der Waals surface area contributed by atoms with Gasteiger partial charge in [-0.25, -0.2) is 4.79 Å². The van der Waals surface area contributed by atoms with E-state index in [4.69, 9.17) is 0 Å². The smallest absolute Gasteiger partial charge is 0.318 e. The number of urea groups is 1. The number of nitrogens with zero attached hydrogens (tertiary/aromatic N) is 1. The van der Waals surface area contributed by atoms with Crippen LogP contribution in [0.5, 0.6) is 0 Å². The molecule has 0 radical (unpaired) electrons. The molecule has 1 aromatic rings. The van der Waals surface area contributed by atoms with Crippen LogP contribution in [0.25, 0.3) is 0 Å². The molecule has 2 rings (SSSR count). The lowest BCUT2D eigenvalue weighted by atomic mass is 10.00. The molecule has 0 aliphatic carbocycles. The topological polar surface area (TPSA) is 49.4 Å². The zero-order chi connectivity index (χ0) is 14.0. The molecule has 0 bridgehead atoms. The van der Waals surface area contributed by atoms with E-state index < -0.39 is 0 Å². The SMILES string of the molecule is CC(=O)CCN1CC(c2ccc(C)cc2C)NC1=O. The van der Waals surface area contributed by atoms with E-state index in [2.05, 4.69) is 37.4 Å². The van der Waals surface area contributed by atoms with Crippen molar-refractivity contribution in [1.29, 1.82) is 0 Å². The maximum Gasteiger partial charge on any atom is 0.318 e. The minimum Gasteiger partial charge on any atom is -0.329 e. The monoisotopic (exact) mass is 260 g/mol. The number of hydrogen-bond donors (Lipinski definition) is 1. The van der Waals surface area contributed by atoms with Gasteiger partial charge in [-0.15, -0.1) is 0 Å². The minimum absolute atomic E-state index is 0.0278. The second kappa shape index (κ2) is 5.43. The van der Waals surface area contributed by atoms with Crippen LogP contribution >= 0.6 is 0 Å². The van der Waals surface area contributed by atoms with Crippen LogP contribution in [-0.2, 0) is 4.79 Å². The lowest BCUT2D eigenvalue weighted by molar-refractivity contribution is -0.117. The molecular formula is C15H20N2O2. The Balaban J connectivity index is 2.07. The van der Waals surface area contributed by atoms with Gasteiger partial charge in [-0.3, -0.25) is 4.79 Å². The van der Waals surface area contributed by atoms with Crippen molar-refractivity contribution in [3.8, 4) is 0 Å². The van der Waals surface area contributed by atoms with E-state index in [1.54, 1.807) is 11.8 Å². The number of ketones is 1. The van der Waals surface area contributed by atoms with E-state index in [-0.39, 0.29) is 17.9 Å². The van der Waals surface area contributed by atoms with E-state index in [1.807, 2.05) is 0 Å². The fourth-order valence-corrected chi connectivity index (χ4v) is 2.47. The third kappa shape index (κ3) is 3.13. The van der Waals surface area contributed by atoms with E-state index >= 15 is 0 Å². The Morgan fingerprint density at radius 3 is 2.79 bits per heavy atom. The van der Waals surface area contributed by atoms with E-state index in [0.29, 0.717) is 19.5 Å². The maximum atomic E-state index is 11.9. The number of rotatable bonds is 4. The van der Waals surface area contributed by atoms with Crippen molar-refractivity contribution in [1.82, 2.24) is 10.2 Å². The highest BCUT2D eigenvalue weighted by atomic mass is 16.2. The summed E-state index contributed by atoms with van der Waals surface area (Å²) in [4.78, 5) is 24.6. The van der Waals surface area contributed by atoms with Gasteiger partial charge in [-0.1, -0.05) is 23.8 Å². The van der Waals surface area contributed by atoms with Crippen LogP contribution < -0.4 is 5.32 Å². The van der Waals surface area contributed by atoms with Crippen molar-refractivity contribution in [2.24, 2.45) is 0 Å². The molecule has 19 heavy (non-hydrogen) atoms. The van der Waals surface area contributed by atoms with Gasteiger partial charge in [0.15, 0.2) is 0 Å². The van der Waals surface area contributed by atoms with Crippen LogP contribution in [0.3, 0.4) is 0 Å². The lowest BCUT2D eigenvalue weighted by Gasteiger charge is -2.15. The molecule has 1 aliphatic rings. The predicted molar refractivity (Wildman–Crippen MR) is 74.1 cm³/mol. The average Bonchev–Trinajstić information content (AvgIpc) is 2.67. The van der Waals surface area contributed by atoms with Gasteiger partial charge in [0.2, 0.25) is 0 Å². The molecule has 1 aromatic carbocycles. The average molecular weight is 260 g/mol. The van der Waals surface area contributed by atoms with Crippen LogP contribution in [0.4, 0.5) is 4.79 Å². The summed E-state index contributed by atoms with van der Waals surface area (Å²) in [5.41, 5.74) is 3.57. The Labute approximate surface area is 113 Å². The highest BCUT2D eigenvalue weighted by Gasteiger charge is 2.30. The fraction of sp³-hybridized carbons (Fsp3) is 0.467. The fourth-order valence-electron chi connectivity index (χ4n) is 2.47. The van der Waals surface area contributed by atoms with Crippen LogP contribution in [0.2, 0.25) is 0 Å². The highest BCUT2D eigenvalue weighted by molar-refractivity contribution is 5.79. The highest BCUT2D eigenvalue weighted by Crippen LogP contribution is 2.24. The van der Waals surface area contributed by atoms with Crippen molar-refractivity contribution in [3.05, 3.63) is 34.9 Å². The first kappa shape index (κ1) is 13.6. The number of carbonyl (C=O) groups excluding carboxylic acids is 2. The first-order chi connectivity index (χ1) is 8.97. The summed E-state index contributed by atoms with van der Waals surface area (Å²) < 4.78 is 0. The van der Waals surface area contributed by atoms with Crippen LogP contribution in [0, 0.1) is 13.8 Å². The number of Topliss-reactive ketones (excluding diaryl/α,β-unsaturated/α-hetero) is 1. The Hall–Kier alpha value is -1.84. The van der Waals surface area contributed by atoms with Gasteiger partial charge in [0, 0.05) is 19.5 Å². The number of nitrogens with one attached hydrogen (secondary N) is 1. The molecule has 1 aliphatic heterocycles. The van der Waals surface area contributed by atoms with Gasteiger partial charge in [0.1, 0.15) is 5.78 Å². The zero-order valence-corrected chi connectivity index (χ0v) is 11.7. The molecule has 1 atom stereocenters. The molecule has 4 heteroatoms. The molecule has 1 fully saturated rings. The summed E-state index contributed by atoms with van der Waals surface area (Å²) in [6.45, 7) is 6.81. The van der Waals surface area contributed by atoms with Gasteiger partial charge >= 0.3 is 6.03 Å². The van der Waals surface area contributed by atoms with Crippen molar-refractivity contribution in [2.75, 3.05) is 13.1 Å². The molecule has 1 unspecified atom stereocenters. The summed E-state index contributed by atoms with van der Waals surface area (Å²) in [5, 5.41) is 2.98. The second-order valence-corrected chi connectivity index (χ2v) is 5.26. The number of amides is 2. The summed E-state index contributed by atoms with van der Waals surface area (Å²) in [6.07, 6.45) is 0.424. The van der Waals surface area contributed by atoms with Gasteiger partial charge in [0.25, 0.3) is 0 Å². The molecular weight excluding hydrogens is 240 g/mol. The third-order valence-electron chi connectivity index (χ3n) is 3.52. The number of hydrogen-bond acceptors (Lipinski definition) is 2. The van der Waals surface area contributed by atoms with Crippen molar-refractivity contribution >= 4 is 11.8 Å². The predicted octanol–water partition coefficient (Wildman–Crippen LogP) is 2.35. The first-order valence-electron chi connectivity index (χ1n) is 6.59. The molecule has 0 saturated carbocycles. The van der Waals surface area contributed by atoms with Gasteiger partial charge in [0.05, 0.1) is 6.04 Å². The Morgan fingerprint density at radius 1 is 1.42 bits per heavy atom. The second-order valence-electron chi connectivity index (χ2n) is 5.26. The number of aryl methyl sites for hydroxylation is 2. The zero-order valence-electron chi connectivity index (χ0n) is 11.7. The van der Waals surface area contributed by atoms with Crippen molar-refractivity contribution < 1.29 is 9.59 Å². The van der Waals surface area contributed by atoms with Crippen molar-refractivity contribution in [2.45, 2.75) is 33.2 Å². The largest absolute Gasteiger partial charge is 0.329 e. The quantitative estimate of drug-likeness (QED) is 0.903. The number of carbonyl (C=O) groups is 2.